The van der Waals surface area contributed by atoms with Gasteiger partial charge in [0.25, 0.3) is 0 Å². The zero-order valence-electron chi connectivity index (χ0n) is 11.1. The maximum atomic E-state index is 8.92. The maximum absolute atomic E-state index is 8.92. The van der Waals surface area contributed by atoms with Crippen molar-refractivity contribution >= 4 is 21.6 Å². The highest BCUT2D eigenvalue weighted by Gasteiger charge is 2.25. The van der Waals surface area contributed by atoms with Gasteiger partial charge in [0.15, 0.2) is 0 Å². The van der Waals surface area contributed by atoms with E-state index in [2.05, 4.69) is 57.2 Å². The molecule has 3 rings (SSSR count). The van der Waals surface area contributed by atoms with Crippen LogP contribution in [0.25, 0.3) is 0 Å². The van der Waals surface area contributed by atoms with E-state index in [9.17, 15) is 0 Å². The fourth-order valence-electron chi connectivity index (χ4n) is 2.81. The largest absolute Gasteiger partial charge is 0.370 e. The molecule has 0 amide bonds. The molecule has 0 spiro atoms. The lowest BCUT2D eigenvalue weighted by atomic mass is 9.99. The SMILES string of the molecule is N#Cc1ccc(N2CCC(c3ccccc3)C2)c(Br)c1. The topological polar surface area (TPSA) is 27.0 Å². The van der Waals surface area contributed by atoms with E-state index in [0.29, 0.717) is 11.5 Å². The minimum atomic E-state index is 0.596. The third-order valence-corrected chi connectivity index (χ3v) is 4.51. The van der Waals surface area contributed by atoms with Gasteiger partial charge in [-0.05, 0) is 46.1 Å². The molecule has 2 aromatic rings. The molecule has 1 aliphatic heterocycles. The summed E-state index contributed by atoms with van der Waals surface area (Å²) in [6, 6.07) is 18.7. The number of rotatable bonds is 2. The van der Waals surface area contributed by atoms with Gasteiger partial charge in [0.2, 0.25) is 0 Å². The van der Waals surface area contributed by atoms with Crippen molar-refractivity contribution in [2.45, 2.75) is 12.3 Å². The summed E-state index contributed by atoms with van der Waals surface area (Å²) in [6.45, 7) is 2.10. The van der Waals surface area contributed by atoms with E-state index in [1.165, 1.54) is 17.7 Å². The van der Waals surface area contributed by atoms with E-state index in [4.69, 9.17) is 5.26 Å². The first kappa shape index (κ1) is 13.2. The molecule has 0 aliphatic carbocycles. The second-order valence-corrected chi connectivity index (χ2v) is 5.97. The normalized spacial score (nSPS) is 18.0. The second kappa shape index (κ2) is 5.68. The van der Waals surface area contributed by atoms with Crippen molar-refractivity contribution in [1.29, 1.82) is 5.26 Å². The highest BCUT2D eigenvalue weighted by atomic mass is 79.9. The van der Waals surface area contributed by atoms with E-state index in [1.807, 2.05) is 18.2 Å². The number of hydrogen-bond acceptors (Lipinski definition) is 2. The number of nitriles is 1. The summed E-state index contributed by atoms with van der Waals surface area (Å²) in [5.41, 5.74) is 3.29. The third kappa shape index (κ3) is 2.57. The van der Waals surface area contributed by atoms with Gasteiger partial charge < -0.3 is 4.90 Å². The lowest BCUT2D eigenvalue weighted by molar-refractivity contribution is 0.775. The Morgan fingerprint density at radius 2 is 1.95 bits per heavy atom. The van der Waals surface area contributed by atoms with Crippen molar-refractivity contribution in [3.05, 3.63) is 64.1 Å². The molecule has 20 heavy (non-hydrogen) atoms. The molecule has 3 heteroatoms. The molecule has 2 nitrogen and oxygen atoms in total. The second-order valence-electron chi connectivity index (χ2n) is 5.12. The molecule has 1 saturated heterocycles. The number of hydrogen-bond donors (Lipinski definition) is 0. The summed E-state index contributed by atoms with van der Waals surface area (Å²) in [4.78, 5) is 2.39. The van der Waals surface area contributed by atoms with Crippen LogP contribution in [0.2, 0.25) is 0 Å². The van der Waals surface area contributed by atoms with Gasteiger partial charge in [-0.15, -0.1) is 0 Å². The Morgan fingerprint density at radius 3 is 2.65 bits per heavy atom. The first-order chi connectivity index (χ1) is 9.78. The van der Waals surface area contributed by atoms with Crippen LogP contribution in [0.5, 0.6) is 0 Å². The molecule has 2 aromatic carbocycles. The smallest absolute Gasteiger partial charge is 0.0992 e. The highest BCUT2D eigenvalue weighted by molar-refractivity contribution is 9.10. The molecular weight excluding hydrogens is 312 g/mol. The standard InChI is InChI=1S/C17H15BrN2/c18-16-10-13(11-19)6-7-17(16)20-9-8-15(12-20)14-4-2-1-3-5-14/h1-7,10,15H,8-9,12H2. The molecule has 0 radical (unpaired) electrons. The minimum Gasteiger partial charge on any atom is -0.370 e. The van der Waals surface area contributed by atoms with Crippen molar-refractivity contribution < 1.29 is 0 Å². The molecule has 0 bridgehead atoms. The Bertz CT molecular complexity index is 646. The van der Waals surface area contributed by atoms with E-state index < -0.39 is 0 Å². The van der Waals surface area contributed by atoms with E-state index in [1.54, 1.807) is 0 Å². The quantitative estimate of drug-likeness (QED) is 0.822. The zero-order chi connectivity index (χ0) is 13.9. The van der Waals surface area contributed by atoms with Gasteiger partial charge >= 0.3 is 0 Å². The van der Waals surface area contributed by atoms with Gasteiger partial charge in [0.05, 0.1) is 17.3 Å². The molecule has 1 fully saturated rings. The van der Waals surface area contributed by atoms with Gasteiger partial charge in [0.1, 0.15) is 0 Å². The molecule has 1 aliphatic rings. The van der Waals surface area contributed by atoms with Gasteiger partial charge in [-0.3, -0.25) is 0 Å². The summed E-state index contributed by atoms with van der Waals surface area (Å²) < 4.78 is 1.00. The summed E-state index contributed by atoms with van der Waals surface area (Å²) in [7, 11) is 0. The minimum absolute atomic E-state index is 0.596. The fraction of sp³-hybridized carbons (Fsp3) is 0.235. The van der Waals surface area contributed by atoms with Gasteiger partial charge in [-0.1, -0.05) is 30.3 Å². The molecule has 0 saturated carbocycles. The van der Waals surface area contributed by atoms with Crippen molar-refractivity contribution in [3.63, 3.8) is 0 Å². The van der Waals surface area contributed by atoms with Crippen LogP contribution >= 0.6 is 15.9 Å². The molecule has 100 valence electrons. The Hall–Kier alpha value is -1.79. The van der Waals surface area contributed by atoms with Gasteiger partial charge in [-0.25, -0.2) is 0 Å². The molecule has 1 atom stereocenters. The fourth-order valence-corrected chi connectivity index (χ4v) is 3.44. The number of nitrogens with zero attached hydrogens (tertiary/aromatic N) is 2. The van der Waals surface area contributed by atoms with Crippen molar-refractivity contribution in [3.8, 4) is 6.07 Å². The average Bonchev–Trinajstić information content (AvgIpc) is 2.97. The summed E-state index contributed by atoms with van der Waals surface area (Å²) in [6.07, 6.45) is 1.18. The lowest BCUT2D eigenvalue weighted by Crippen LogP contribution is -2.19. The van der Waals surface area contributed by atoms with E-state index in [-0.39, 0.29) is 0 Å². The Kier molecular flexibility index (Phi) is 3.75. The van der Waals surface area contributed by atoms with Gasteiger partial charge in [-0.2, -0.15) is 5.26 Å². The van der Waals surface area contributed by atoms with Crippen LogP contribution in [0.3, 0.4) is 0 Å². The summed E-state index contributed by atoms with van der Waals surface area (Å²) >= 11 is 3.58. The monoisotopic (exact) mass is 326 g/mol. The van der Waals surface area contributed by atoms with Crippen molar-refractivity contribution in [2.75, 3.05) is 18.0 Å². The van der Waals surface area contributed by atoms with Crippen LogP contribution < -0.4 is 4.90 Å². The number of halogens is 1. The van der Waals surface area contributed by atoms with Crippen molar-refractivity contribution in [1.82, 2.24) is 0 Å². The van der Waals surface area contributed by atoms with Crippen LogP contribution in [0.15, 0.2) is 53.0 Å². The van der Waals surface area contributed by atoms with Crippen LogP contribution in [-0.2, 0) is 0 Å². The van der Waals surface area contributed by atoms with Crippen LogP contribution in [0, 0.1) is 11.3 Å². The average molecular weight is 327 g/mol. The van der Waals surface area contributed by atoms with Crippen molar-refractivity contribution in [2.24, 2.45) is 0 Å². The van der Waals surface area contributed by atoms with Crippen LogP contribution in [-0.4, -0.2) is 13.1 Å². The molecule has 1 unspecified atom stereocenters. The highest BCUT2D eigenvalue weighted by Crippen LogP contribution is 2.34. The first-order valence-corrected chi connectivity index (χ1v) is 7.57. The third-order valence-electron chi connectivity index (χ3n) is 3.88. The van der Waals surface area contributed by atoms with E-state index >= 15 is 0 Å². The predicted molar refractivity (Wildman–Crippen MR) is 84.9 cm³/mol. The summed E-state index contributed by atoms with van der Waals surface area (Å²) in [5, 5.41) is 8.92. The maximum Gasteiger partial charge on any atom is 0.0992 e. The molecule has 0 aromatic heterocycles. The van der Waals surface area contributed by atoms with Gasteiger partial charge in [0, 0.05) is 23.5 Å². The van der Waals surface area contributed by atoms with Crippen LogP contribution in [0.4, 0.5) is 5.69 Å². The molecule has 0 N–H and O–H groups in total. The number of anilines is 1. The molecular formula is C17H15BrN2. The Labute approximate surface area is 127 Å². The lowest BCUT2D eigenvalue weighted by Gasteiger charge is -2.20. The van der Waals surface area contributed by atoms with Crippen LogP contribution in [0.1, 0.15) is 23.5 Å². The Morgan fingerprint density at radius 1 is 1.15 bits per heavy atom. The Balaban J connectivity index is 1.79. The number of benzene rings is 2. The van der Waals surface area contributed by atoms with E-state index in [0.717, 1.165) is 17.6 Å². The summed E-state index contributed by atoms with van der Waals surface area (Å²) in [5.74, 6) is 0.596. The molecule has 1 heterocycles. The first-order valence-electron chi connectivity index (χ1n) is 6.77. The zero-order valence-corrected chi connectivity index (χ0v) is 12.7. The predicted octanol–water partition coefficient (Wildman–Crippen LogP) is 4.31.